The quantitative estimate of drug-likeness (QED) is 0.786. The molecule has 0 spiro atoms. The van der Waals surface area contributed by atoms with E-state index in [1.165, 1.54) is 16.7 Å². The first kappa shape index (κ1) is 15.8. The van der Waals surface area contributed by atoms with Crippen LogP contribution >= 0.6 is 11.8 Å². The van der Waals surface area contributed by atoms with E-state index in [1.807, 2.05) is 19.1 Å². The lowest BCUT2D eigenvalue weighted by Crippen LogP contribution is -2.58. The zero-order chi connectivity index (χ0) is 17.6. The number of carbonyl (C=O) groups excluding carboxylic acids is 1. The van der Waals surface area contributed by atoms with Crippen molar-refractivity contribution >= 4 is 23.6 Å². The predicted octanol–water partition coefficient (Wildman–Crippen LogP) is 1.90. The number of carboxylic acids is 1. The molecule has 2 aromatic rings. The third-order valence-corrected chi connectivity index (χ3v) is 5.50. The van der Waals surface area contributed by atoms with Crippen LogP contribution < -0.4 is 0 Å². The Morgan fingerprint density at radius 1 is 1.44 bits per heavy atom. The molecule has 2 aliphatic rings. The topological polar surface area (TPSA) is 112 Å². The van der Waals surface area contributed by atoms with Crippen LogP contribution in [0.25, 0.3) is 11.4 Å². The molecule has 0 radical (unpaired) electrons. The molecule has 0 bridgehead atoms. The van der Waals surface area contributed by atoms with Gasteiger partial charge < -0.3 is 10.0 Å². The molecule has 2 atom stereocenters. The molecule has 4 heterocycles. The van der Waals surface area contributed by atoms with Gasteiger partial charge in [0.05, 0.1) is 12.0 Å². The maximum atomic E-state index is 12.2. The van der Waals surface area contributed by atoms with Crippen molar-refractivity contribution in [3.05, 3.63) is 35.1 Å². The lowest BCUT2D eigenvalue weighted by Gasteiger charge is -2.42. The van der Waals surface area contributed by atoms with Crippen LogP contribution in [0.2, 0.25) is 0 Å². The third kappa shape index (κ3) is 2.51. The molecule has 2 aliphatic heterocycles. The predicted molar refractivity (Wildman–Crippen MR) is 89.2 cm³/mol. The van der Waals surface area contributed by atoms with Gasteiger partial charge >= 0.3 is 5.97 Å². The average molecular weight is 357 g/mol. The lowest BCUT2D eigenvalue weighted by atomic mass is 9.85. The normalized spacial score (nSPS) is 22.1. The van der Waals surface area contributed by atoms with Crippen LogP contribution in [-0.2, 0) is 9.59 Å². The number of H-pyrrole nitrogens is 1. The Morgan fingerprint density at radius 2 is 2.20 bits per heavy atom. The smallest absolute Gasteiger partial charge is 0.353 e. The number of aromatic nitrogens is 4. The minimum absolute atomic E-state index is 0.0512. The van der Waals surface area contributed by atoms with Crippen LogP contribution in [0.1, 0.15) is 19.8 Å². The fraction of sp³-hybridized carbons (Fsp3) is 0.312. The molecule has 0 aromatic carbocycles. The fourth-order valence-electron chi connectivity index (χ4n) is 3.34. The molecule has 1 fully saturated rings. The van der Waals surface area contributed by atoms with Crippen LogP contribution in [0.4, 0.5) is 0 Å². The van der Waals surface area contributed by atoms with Gasteiger partial charge in [-0.25, -0.2) is 9.78 Å². The molecule has 9 heteroatoms. The van der Waals surface area contributed by atoms with E-state index in [9.17, 15) is 14.7 Å². The average Bonchev–Trinajstić information content (AvgIpc) is 3.20. The van der Waals surface area contributed by atoms with Gasteiger partial charge in [-0.2, -0.15) is 0 Å². The molecule has 4 rings (SSSR count). The number of carbonyl (C=O) groups is 2. The minimum Gasteiger partial charge on any atom is -0.477 e. The first-order valence-electron chi connectivity index (χ1n) is 7.90. The summed E-state index contributed by atoms with van der Waals surface area (Å²) in [6, 6.07) is 3.57. The molecular weight excluding hydrogens is 342 g/mol. The number of hydrogen-bond donors (Lipinski definition) is 2. The summed E-state index contributed by atoms with van der Waals surface area (Å²) in [6.45, 7) is 1.95. The Bertz CT molecular complexity index is 879. The largest absolute Gasteiger partial charge is 0.477 e. The van der Waals surface area contributed by atoms with E-state index in [-0.39, 0.29) is 23.6 Å². The molecule has 1 saturated heterocycles. The molecule has 0 saturated carbocycles. The highest BCUT2D eigenvalue weighted by Gasteiger charge is 2.54. The molecule has 8 nitrogen and oxygen atoms in total. The molecule has 2 N–H and O–H groups in total. The molecule has 128 valence electrons. The van der Waals surface area contributed by atoms with Crippen LogP contribution in [0, 0.1) is 5.92 Å². The monoisotopic (exact) mass is 357 g/mol. The maximum absolute atomic E-state index is 12.2. The summed E-state index contributed by atoms with van der Waals surface area (Å²) in [5.74, 6) is -0.691. The Hall–Kier alpha value is -2.68. The SMILES string of the molecule is CC[C@H]1C(=O)N2C(C(=O)O)=C(Sc3n[nH]c(-c4ccncc4)n3)C[C@H]12. The van der Waals surface area contributed by atoms with Gasteiger partial charge in [0.2, 0.25) is 11.1 Å². The second-order valence-electron chi connectivity index (χ2n) is 5.88. The highest BCUT2D eigenvalue weighted by Crippen LogP contribution is 2.48. The minimum atomic E-state index is -1.09. The van der Waals surface area contributed by atoms with Crippen molar-refractivity contribution in [1.82, 2.24) is 25.1 Å². The van der Waals surface area contributed by atoms with E-state index >= 15 is 0 Å². The van der Waals surface area contributed by atoms with Gasteiger partial charge in [-0.3, -0.25) is 14.9 Å². The summed E-state index contributed by atoms with van der Waals surface area (Å²) >= 11 is 1.20. The number of nitrogens with one attached hydrogen (secondary N) is 1. The number of aromatic amines is 1. The fourth-order valence-corrected chi connectivity index (χ4v) is 4.32. The number of thioether (sulfide) groups is 1. The zero-order valence-electron chi connectivity index (χ0n) is 13.3. The van der Waals surface area contributed by atoms with Crippen molar-refractivity contribution in [2.45, 2.75) is 31.0 Å². The number of amides is 1. The number of fused-ring (bicyclic) bond motifs is 1. The van der Waals surface area contributed by atoms with E-state index in [2.05, 4.69) is 20.2 Å². The summed E-state index contributed by atoms with van der Waals surface area (Å²) in [7, 11) is 0. The van der Waals surface area contributed by atoms with Gasteiger partial charge in [0.15, 0.2) is 5.82 Å². The van der Waals surface area contributed by atoms with E-state index in [0.717, 1.165) is 12.0 Å². The van der Waals surface area contributed by atoms with Gasteiger partial charge in [0, 0.05) is 29.3 Å². The van der Waals surface area contributed by atoms with Gasteiger partial charge in [-0.1, -0.05) is 18.7 Å². The van der Waals surface area contributed by atoms with Crippen LogP contribution in [0.5, 0.6) is 0 Å². The molecule has 1 amide bonds. The Kier molecular flexibility index (Phi) is 3.79. The maximum Gasteiger partial charge on any atom is 0.353 e. The Balaban J connectivity index is 1.60. The number of pyridine rings is 1. The highest BCUT2D eigenvalue weighted by atomic mass is 32.2. The molecule has 2 aromatic heterocycles. The molecule has 0 aliphatic carbocycles. The van der Waals surface area contributed by atoms with Gasteiger partial charge in [0.1, 0.15) is 5.70 Å². The number of nitrogens with zero attached hydrogens (tertiary/aromatic N) is 4. The number of carboxylic acid groups (broad SMARTS) is 1. The zero-order valence-corrected chi connectivity index (χ0v) is 14.2. The van der Waals surface area contributed by atoms with Crippen molar-refractivity contribution in [3.8, 4) is 11.4 Å². The molecular formula is C16H15N5O3S. The van der Waals surface area contributed by atoms with Crippen molar-refractivity contribution in [2.75, 3.05) is 0 Å². The number of rotatable bonds is 5. The third-order valence-electron chi connectivity index (χ3n) is 4.53. The summed E-state index contributed by atoms with van der Waals surface area (Å²) in [5.41, 5.74) is 0.915. The number of hydrogen-bond acceptors (Lipinski definition) is 6. The summed E-state index contributed by atoms with van der Waals surface area (Å²) < 4.78 is 0. The van der Waals surface area contributed by atoms with Gasteiger partial charge in [-0.05, 0) is 18.6 Å². The second kappa shape index (κ2) is 5.99. The van der Waals surface area contributed by atoms with Crippen molar-refractivity contribution in [1.29, 1.82) is 0 Å². The standard InChI is InChI=1S/C16H15N5O3S/c1-2-9-10-7-11(12(15(23)24)21(10)14(9)22)25-16-18-13(19-20-16)8-3-5-17-6-4-8/h3-6,9-10H,2,7H2,1H3,(H,23,24)(H,18,19,20)/t9-,10-/m1/s1. The Morgan fingerprint density at radius 3 is 2.88 bits per heavy atom. The van der Waals surface area contributed by atoms with Crippen LogP contribution in [0.3, 0.4) is 0 Å². The lowest BCUT2D eigenvalue weighted by molar-refractivity contribution is -0.155. The first-order valence-corrected chi connectivity index (χ1v) is 8.72. The summed E-state index contributed by atoms with van der Waals surface area (Å²) in [6.07, 6.45) is 4.58. The van der Waals surface area contributed by atoms with E-state index in [1.54, 1.807) is 12.4 Å². The van der Waals surface area contributed by atoms with E-state index in [0.29, 0.717) is 22.3 Å². The first-order chi connectivity index (χ1) is 12.1. The molecule has 0 unspecified atom stereocenters. The number of aliphatic carboxylic acids is 1. The van der Waals surface area contributed by atoms with E-state index in [4.69, 9.17) is 0 Å². The highest BCUT2D eigenvalue weighted by molar-refractivity contribution is 8.03. The van der Waals surface area contributed by atoms with Gasteiger partial charge in [-0.15, -0.1) is 5.10 Å². The van der Waals surface area contributed by atoms with Crippen molar-refractivity contribution < 1.29 is 14.7 Å². The Labute approximate surface area is 147 Å². The number of β-lactam (4-membered cyclic amide) rings is 1. The molecule has 25 heavy (non-hydrogen) atoms. The van der Waals surface area contributed by atoms with Crippen molar-refractivity contribution in [2.24, 2.45) is 5.92 Å². The van der Waals surface area contributed by atoms with Crippen LogP contribution in [-0.4, -0.2) is 48.1 Å². The second-order valence-corrected chi connectivity index (χ2v) is 6.94. The summed E-state index contributed by atoms with van der Waals surface area (Å²) in [4.78, 5) is 34.2. The summed E-state index contributed by atoms with van der Waals surface area (Å²) in [5, 5.41) is 17.0. The van der Waals surface area contributed by atoms with Crippen LogP contribution in [0.15, 0.2) is 40.3 Å². The van der Waals surface area contributed by atoms with E-state index < -0.39 is 5.97 Å². The van der Waals surface area contributed by atoms with Crippen molar-refractivity contribution in [3.63, 3.8) is 0 Å². The van der Waals surface area contributed by atoms with Gasteiger partial charge in [0.25, 0.3) is 0 Å².